The van der Waals surface area contributed by atoms with Gasteiger partial charge in [0.05, 0.1) is 5.69 Å². The highest BCUT2D eigenvalue weighted by atomic mass is 15.1. The molecule has 12 rings (SSSR count). The fourth-order valence-electron chi connectivity index (χ4n) is 11.5. The largest absolute Gasteiger partial charge is 0.310 e. The second-order valence-corrected chi connectivity index (χ2v) is 17.2. The van der Waals surface area contributed by atoms with E-state index < -0.39 is 0 Å². The van der Waals surface area contributed by atoms with Crippen LogP contribution in [0.5, 0.6) is 0 Å². The molecule has 3 atom stereocenters. The fourth-order valence-corrected chi connectivity index (χ4v) is 11.5. The van der Waals surface area contributed by atoms with Crippen molar-refractivity contribution in [1.82, 2.24) is 0 Å². The highest BCUT2D eigenvalue weighted by Gasteiger charge is 2.52. The number of fused-ring (bicyclic) bond motifs is 9. The summed E-state index contributed by atoms with van der Waals surface area (Å²) in [4.78, 5) is 2.50. The average Bonchev–Trinajstić information content (AvgIpc) is 3.40. The van der Waals surface area contributed by atoms with Gasteiger partial charge in [-0.25, -0.2) is 0 Å². The maximum Gasteiger partial charge on any atom is 0.0540 e. The van der Waals surface area contributed by atoms with Crippen LogP contribution in [0.3, 0.4) is 0 Å². The minimum absolute atomic E-state index is 0.0922. The van der Waals surface area contributed by atoms with E-state index in [-0.39, 0.29) is 10.8 Å². The Morgan fingerprint density at radius 3 is 1.87 bits per heavy atom. The molecule has 2 bridgehead atoms. The predicted octanol–water partition coefficient (Wildman–Crippen LogP) is 14.7. The summed E-state index contributed by atoms with van der Waals surface area (Å²) in [7, 11) is 0. The number of anilines is 3. The molecule has 0 aromatic heterocycles. The summed E-state index contributed by atoms with van der Waals surface area (Å²) in [6.45, 7) is 4.76. The number of hydrogen-bond acceptors (Lipinski definition) is 1. The highest BCUT2D eigenvalue weighted by Crippen LogP contribution is 2.62. The predicted molar refractivity (Wildman–Crippen MR) is 230 cm³/mol. The molecule has 0 heterocycles. The third kappa shape index (κ3) is 4.91. The molecule has 2 unspecified atom stereocenters. The Kier molecular flexibility index (Phi) is 7.40. The minimum atomic E-state index is -0.0922. The fraction of sp³-hybridized carbons (Fsp3) is 0.222. The first-order valence-electron chi connectivity index (χ1n) is 20.5. The molecule has 0 aliphatic heterocycles. The Morgan fingerprint density at radius 1 is 0.436 bits per heavy atom. The van der Waals surface area contributed by atoms with Crippen LogP contribution in [0.2, 0.25) is 0 Å². The van der Waals surface area contributed by atoms with E-state index in [1.807, 2.05) is 0 Å². The minimum Gasteiger partial charge on any atom is -0.310 e. The van der Waals surface area contributed by atoms with Crippen molar-refractivity contribution in [3.8, 4) is 44.5 Å². The topological polar surface area (TPSA) is 3.24 Å². The van der Waals surface area contributed by atoms with Crippen molar-refractivity contribution in [2.24, 2.45) is 11.8 Å². The zero-order valence-electron chi connectivity index (χ0n) is 31.9. The number of nitrogens with zero attached hydrogens (tertiary/aromatic N) is 1. The number of rotatable bonds is 5. The lowest BCUT2D eigenvalue weighted by Crippen LogP contribution is -2.38. The molecule has 3 fully saturated rings. The van der Waals surface area contributed by atoms with Gasteiger partial charge in [-0.2, -0.15) is 0 Å². The molecular formula is C54H47N. The van der Waals surface area contributed by atoms with Gasteiger partial charge in [-0.15, -0.1) is 0 Å². The Bertz CT molecular complexity index is 2590. The molecule has 3 saturated carbocycles. The smallest absolute Gasteiger partial charge is 0.0540 e. The molecule has 5 aliphatic carbocycles. The van der Waals surface area contributed by atoms with Crippen LogP contribution in [-0.2, 0) is 10.8 Å². The first-order valence-corrected chi connectivity index (χ1v) is 20.5. The van der Waals surface area contributed by atoms with Crippen LogP contribution in [-0.4, -0.2) is 0 Å². The van der Waals surface area contributed by atoms with Crippen LogP contribution in [0.15, 0.2) is 164 Å². The van der Waals surface area contributed by atoms with Gasteiger partial charge in [-0.3, -0.25) is 0 Å². The molecule has 7 aromatic carbocycles. The quantitative estimate of drug-likeness (QED) is 0.172. The number of benzene rings is 7. The van der Waals surface area contributed by atoms with Crippen molar-refractivity contribution in [3.05, 3.63) is 186 Å². The van der Waals surface area contributed by atoms with Crippen molar-refractivity contribution >= 4 is 17.1 Å². The zero-order chi connectivity index (χ0) is 36.7. The lowest BCUT2D eigenvalue weighted by molar-refractivity contribution is 0.197. The maximum atomic E-state index is 2.54. The Hall–Kier alpha value is -5.66. The summed E-state index contributed by atoms with van der Waals surface area (Å²) < 4.78 is 0. The normalized spacial score (nSPS) is 21.1. The van der Waals surface area contributed by atoms with Crippen LogP contribution >= 0.6 is 0 Å². The number of hydrogen-bond donors (Lipinski definition) is 0. The van der Waals surface area contributed by atoms with Gasteiger partial charge in [0.15, 0.2) is 0 Å². The summed E-state index contributed by atoms with van der Waals surface area (Å²) in [5.74, 6) is 1.57. The van der Waals surface area contributed by atoms with Gasteiger partial charge in [-0.05, 0) is 129 Å². The van der Waals surface area contributed by atoms with E-state index in [4.69, 9.17) is 0 Å². The summed E-state index contributed by atoms with van der Waals surface area (Å²) in [5, 5.41) is 0. The summed E-state index contributed by atoms with van der Waals surface area (Å²) >= 11 is 0. The van der Waals surface area contributed by atoms with E-state index in [0.29, 0.717) is 0 Å². The number of para-hydroxylation sites is 1. The second kappa shape index (κ2) is 12.4. The maximum absolute atomic E-state index is 2.54. The molecule has 0 saturated heterocycles. The molecule has 0 radical (unpaired) electrons. The van der Waals surface area contributed by atoms with Crippen molar-refractivity contribution in [1.29, 1.82) is 0 Å². The van der Waals surface area contributed by atoms with Gasteiger partial charge >= 0.3 is 0 Å². The van der Waals surface area contributed by atoms with Crippen molar-refractivity contribution in [3.63, 3.8) is 0 Å². The monoisotopic (exact) mass is 709 g/mol. The van der Waals surface area contributed by atoms with Crippen molar-refractivity contribution < 1.29 is 0 Å². The van der Waals surface area contributed by atoms with Crippen molar-refractivity contribution in [2.45, 2.75) is 63.2 Å². The van der Waals surface area contributed by atoms with Crippen molar-refractivity contribution in [2.75, 3.05) is 4.90 Å². The molecule has 1 spiro atoms. The first-order chi connectivity index (χ1) is 27.0. The first kappa shape index (κ1) is 32.7. The molecular weight excluding hydrogens is 663 g/mol. The van der Waals surface area contributed by atoms with E-state index in [9.17, 15) is 0 Å². The van der Waals surface area contributed by atoms with Crippen LogP contribution in [0.1, 0.15) is 74.6 Å². The van der Waals surface area contributed by atoms with Gasteiger partial charge in [0.2, 0.25) is 0 Å². The zero-order valence-corrected chi connectivity index (χ0v) is 31.9. The Morgan fingerprint density at radius 2 is 1.05 bits per heavy atom. The highest BCUT2D eigenvalue weighted by molar-refractivity contribution is 5.93. The van der Waals surface area contributed by atoms with E-state index in [1.165, 1.54) is 106 Å². The molecule has 1 nitrogen and oxygen atoms in total. The lowest BCUT2D eigenvalue weighted by atomic mass is 9.59. The van der Waals surface area contributed by atoms with E-state index >= 15 is 0 Å². The lowest BCUT2D eigenvalue weighted by Gasteiger charge is -2.44. The van der Waals surface area contributed by atoms with Gasteiger partial charge < -0.3 is 4.90 Å². The van der Waals surface area contributed by atoms with Gasteiger partial charge in [0.25, 0.3) is 0 Å². The molecule has 55 heavy (non-hydrogen) atoms. The Balaban J connectivity index is 1.08. The van der Waals surface area contributed by atoms with Gasteiger partial charge in [0, 0.05) is 27.8 Å². The van der Waals surface area contributed by atoms with Crippen LogP contribution in [0.25, 0.3) is 44.5 Å². The molecule has 0 amide bonds. The van der Waals surface area contributed by atoms with Crippen LogP contribution in [0.4, 0.5) is 17.1 Å². The molecule has 5 aliphatic rings. The third-order valence-corrected chi connectivity index (χ3v) is 14.1. The SMILES string of the molecule is CC1(C)c2ccccc2-c2ccc(N(c3ccc(-c4ccccc4)cc3)c3ccccc3-c3ccc4c(c3)-c3ccccc3[C@]43CC4CCCC3CC4)cc21. The third-order valence-electron chi connectivity index (χ3n) is 14.1. The standard InChI is InChI=1S/C54H47N/c1-53(2)48-20-9-6-18-44(48)46-31-30-42(34-51(46)53)55(41-28-24-38(25-29-41)37-14-4-3-5-15-37)52-22-11-8-17-43(52)39-26-32-50-47(33-39)45-19-7-10-21-49(45)54(50)35-36-13-12-16-40(54)27-23-36/h3-11,14-15,17-22,24-26,28-34,36,40H,12-13,16,23,27,35H2,1-2H3/t36?,40?,54-/m1/s1. The van der Waals surface area contributed by atoms with Crippen LogP contribution in [0, 0.1) is 11.8 Å². The summed E-state index contributed by atoms with van der Waals surface area (Å²) in [6, 6.07) is 62.0. The van der Waals surface area contributed by atoms with Gasteiger partial charge in [0.1, 0.15) is 0 Å². The van der Waals surface area contributed by atoms with E-state index in [2.05, 4.69) is 183 Å². The average molecular weight is 710 g/mol. The molecule has 1 heteroatoms. The summed E-state index contributed by atoms with van der Waals surface area (Å²) in [5.41, 5.74) is 20.1. The van der Waals surface area contributed by atoms with E-state index in [0.717, 1.165) is 17.5 Å². The van der Waals surface area contributed by atoms with Crippen LogP contribution < -0.4 is 4.90 Å². The molecule has 268 valence electrons. The summed E-state index contributed by atoms with van der Waals surface area (Å²) in [6.07, 6.45) is 8.22. The molecule has 7 aromatic rings. The second-order valence-electron chi connectivity index (χ2n) is 17.2. The van der Waals surface area contributed by atoms with Gasteiger partial charge in [-0.1, -0.05) is 161 Å². The Labute approximate surface area is 326 Å². The van der Waals surface area contributed by atoms with E-state index in [1.54, 1.807) is 11.1 Å². The molecule has 0 N–H and O–H groups in total.